The number of rotatable bonds is 9. The van der Waals surface area contributed by atoms with Gasteiger partial charge in [-0.2, -0.15) is 4.98 Å². The summed E-state index contributed by atoms with van der Waals surface area (Å²) in [7, 11) is -3.69. The van der Waals surface area contributed by atoms with Gasteiger partial charge >= 0.3 is 5.69 Å². The number of likely N-dealkylation sites (tertiary alicyclic amines) is 1. The molecule has 1 aliphatic rings. The number of aryl methyl sites for hydroxylation is 2. The van der Waals surface area contributed by atoms with Crippen molar-refractivity contribution in [3.05, 3.63) is 81.0 Å². The normalized spacial score (nSPS) is 14.1. The Bertz CT molecular complexity index is 1670. The Morgan fingerprint density at radius 3 is 2.38 bits per heavy atom. The van der Waals surface area contributed by atoms with Gasteiger partial charge in [0.2, 0.25) is 15.5 Å². The lowest BCUT2D eigenvalue weighted by molar-refractivity contribution is -0.641. The van der Waals surface area contributed by atoms with Crippen LogP contribution in [-0.4, -0.2) is 54.5 Å². The Hall–Kier alpha value is -4.20. The predicted molar refractivity (Wildman–Crippen MR) is 151 cm³/mol. The van der Waals surface area contributed by atoms with Gasteiger partial charge in [0.1, 0.15) is 0 Å². The van der Waals surface area contributed by atoms with Crippen LogP contribution in [0.1, 0.15) is 24.0 Å². The number of fused-ring (bicyclic) bond motifs is 1. The number of non-ortho nitro benzene ring substituents is 1. The van der Waals surface area contributed by atoms with E-state index in [1.54, 1.807) is 6.07 Å². The molecule has 13 heteroatoms. The van der Waals surface area contributed by atoms with E-state index >= 15 is 0 Å². The molecule has 0 bridgehead atoms. The molecule has 0 saturated carbocycles. The van der Waals surface area contributed by atoms with Crippen molar-refractivity contribution in [2.24, 2.45) is 0 Å². The van der Waals surface area contributed by atoms with Crippen molar-refractivity contribution in [1.82, 2.24) is 19.7 Å². The molecule has 2 heterocycles. The van der Waals surface area contributed by atoms with Crippen LogP contribution in [0, 0.1) is 29.2 Å². The molecule has 3 aromatic carbocycles. The maximum atomic E-state index is 12.9. The van der Waals surface area contributed by atoms with Gasteiger partial charge in [-0.05, 0) is 91.1 Å². The first-order chi connectivity index (χ1) is 19.1. The molecule has 208 valence electrons. The number of sulfonamides is 1. The maximum Gasteiger partial charge on any atom is 0.302 e. The quantitative estimate of drug-likeness (QED) is 0.134. The van der Waals surface area contributed by atoms with Crippen LogP contribution < -0.4 is 14.9 Å². The lowest BCUT2D eigenvalue weighted by Gasteiger charge is -2.15. The number of nitro benzene ring substituents is 1. The summed E-state index contributed by atoms with van der Waals surface area (Å²) in [4.78, 5) is 18.3. The van der Waals surface area contributed by atoms with E-state index in [-0.39, 0.29) is 27.6 Å². The van der Waals surface area contributed by atoms with Crippen LogP contribution in [0.3, 0.4) is 0 Å². The molecule has 0 aliphatic carbocycles. The van der Waals surface area contributed by atoms with E-state index in [1.807, 2.05) is 32.0 Å². The molecule has 2 N–H and O–H groups in total. The molecular weight excluding hydrogens is 534 g/mol. The van der Waals surface area contributed by atoms with Crippen LogP contribution in [0.2, 0.25) is 0 Å². The highest BCUT2D eigenvalue weighted by Gasteiger charge is 2.25. The first-order valence-electron chi connectivity index (χ1n) is 12.9. The van der Waals surface area contributed by atoms with Gasteiger partial charge in [-0.3, -0.25) is 10.1 Å². The van der Waals surface area contributed by atoms with Crippen LogP contribution in [0.25, 0.3) is 22.2 Å². The van der Waals surface area contributed by atoms with E-state index in [0.717, 1.165) is 42.6 Å². The molecule has 1 fully saturated rings. The number of nitrogens with one attached hydrogen (secondary N) is 2. The summed E-state index contributed by atoms with van der Waals surface area (Å²) in [5.41, 5.74) is 3.07. The molecule has 0 amide bonds. The lowest BCUT2D eigenvalue weighted by atomic mass is 9.95. The number of anilines is 2. The van der Waals surface area contributed by atoms with Gasteiger partial charge in [0.15, 0.2) is 0 Å². The Labute approximate surface area is 231 Å². The average Bonchev–Trinajstić information content (AvgIpc) is 3.42. The second-order valence-electron chi connectivity index (χ2n) is 9.79. The van der Waals surface area contributed by atoms with Gasteiger partial charge < -0.3 is 15.4 Å². The average molecular weight is 564 g/mol. The molecule has 4 aromatic rings. The molecule has 1 aromatic heterocycles. The molecule has 12 nitrogen and oxygen atoms in total. The van der Waals surface area contributed by atoms with Crippen molar-refractivity contribution in [3.63, 3.8) is 0 Å². The van der Waals surface area contributed by atoms with E-state index in [9.17, 15) is 23.7 Å². The Balaban J connectivity index is 1.39. The second-order valence-corrected chi connectivity index (χ2v) is 11.6. The van der Waals surface area contributed by atoms with Crippen molar-refractivity contribution in [2.75, 3.05) is 31.5 Å². The molecule has 0 unspecified atom stereocenters. The van der Waals surface area contributed by atoms with Gasteiger partial charge in [-0.25, -0.2) is 13.1 Å². The molecule has 0 spiro atoms. The molecule has 0 radical (unpaired) electrons. The van der Waals surface area contributed by atoms with Crippen LogP contribution in [0.15, 0.2) is 59.5 Å². The summed E-state index contributed by atoms with van der Waals surface area (Å²) in [6, 6.07) is 14.5. The van der Waals surface area contributed by atoms with E-state index in [2.05, 4.69) is 25.0 Å². The Morgan fingerprint density at radius 1 is 1.05 bits per heavy atom. The number of nitrogens with zero attached hydrogens (tertiary/aromatic N) is 5. The number of benzene rings is 3. The monoisotopic (exact) mass is 563 g/mol. The second kappa shape index (κ2) is 11.1. The third kappa shape index (κ3) is 5.71. The van der Waals surface area contributed by atoms with Crippen molar-refractivity contribution >= 4 is 38.4 Å². The van der Waals surface area contributed by atoms with Crippen molar-refractivity contribution in [1.29, 1.82) is 0 Å². The summed E-state index contributed by atoms with van der Waals surface area (Å²) < 4.78 is 27.9. The van der Waals surface area contributed by atoms with Crippen molar-refractivity contribution < 1.29 is 18.2 Å². The molecule has 40 heavy (non-hydrogen) atoms. The Morgan fingerprint density at radius 2 is 1.73 bits per heavy atom. The minimum Gasteiger partial charge on any atom is -0.594 e. The highest BCUT2D eigenvalue weighted by Crippen LogP contribution is 2.34. The zero-order valence-corrected chi connectivity index (χ0v) is 22.9. The number of hydrogen-bond acceptors (Lipinski definition) is 9. The van der Waals surface area contributed by atoms with E-state index in [0.29, 0.717) is 29.2 Å². The van der Waals surface area contributed by atoms with E-state index < -0.39 is 14.9 Å². The third-order valence-electron chi connectivity index (χ3n) is 6.99. The molecule has 0 atom stereocenters. The Kier molecular flexibility index (Phi) is 7.61. The highest BCUT2D eigenvalue weighted by atomic mass is 32.2. The maximum absolute atomic E-state index is 12.9. The number of aromatic nitrogens is 3. The zero-order chi connectivity index (χ0) is 28.4. The molecular formula is C27H29N7O5S. The summed E-state index contributed by atoms with van der Waals surface area (Å²) in [6.45, 7) is 6.74. The van der Waals surface area contributed by atoms with Gasteiger partial charge in [0.25, 0.3) is 11.5 Å². The SMILES string of the molecule is Cc1cccc(C)c1-c1cc([N+](=O)[O-])c2nc(Nc3ccc(S(=O)(=O)NCCN4CCCC4)cc3)n[n+]([O-])c2c1. The topological polar surface area (TPSA) is 157 Å². The van der Waals surface area contributed by atoms with Gasteiger partial charge in [-0.1, -0.05) is 18.2 Å². The fourth-order valence-electron chi connectivity index (χ4n) is 5.01. The predicted octanol–water partition coefficient (Wildman–Crippen LogP) is 3.57. The van der Waals surface area contributed by atoms with Crippen LogP contribution >= 0.6 is 0 Å². The summed E-state index contributed by atoms with van der Waals surface area (Å²) >= 11 is 0. The van der Waals surface area contributed by atoms with Crippen molar-refractivity contribution in [2.45, 2.75) is 31.6 Å². The van der Waals surface area contributed by atoms with Gasteiger partial charge in [0, 0.05) is 30.9 Å². The number of nitro groups is 1. The van der Waals surface area contributed by atoms with E-state index in [4.69, 9.17) is 0 Å². The number of hydrogen-bond donors (Lipinski definition) is 2. The largest absolute Gasteiger partial charge is 0.594 e. The van der Waals surface area contributed by atoms with Gasteiger partial charge in [-0.15, -0.1) is 0 Å². The van der Waals surface area contributed by atoms with E-state index in [1.165, 1.54) is 30.3 Å². The molecule has 5 rings (SSSR count). The molecule has 1 aliphatic heterocycles. The summed E-state index contributed by atoms with van der Waals surface area (Å²) in [5, 5.41) is 31.6. The van der Waals surface area contributed by atoms with Crippen LogP contribution in [-0.2, 0) is 10.0 Å². The lowest BCUT2D eigenvalue weighted by Crippen LogP contribution is -2.33. The van der Waals surface area contributed by atoms with Crippen LogP contribution in [0.4, 0.5) is 17.3 Å². The fraction of sp³-hybridized carbons (Fsp3) is 0.296. The standard InChI is InChI=1S/C27H29N7O5S/c1-18-6-5-7-19(2)25(18)20-16-23-26(24(17-20)34(36)37)30-27(31-33(23)35)29-21-8-10-22(11-9-21)40(38,39)28-12-15-32-13-3-4-14-32/h5-11,16-17,28H,3-4,12-15H2,1-2H3,(H,29,30,31). The fourth-order valence-corrected chi connectivity index (χ4v) is 6.03. The summed E-state index contributed by atoms with van der Waals surface area (Å²) in [5.74, 6) is -0.162. The van der Waals surface area contributed by atoms with Crippen LogP contribution in [0.5, 0.6) is 0 Å². The third-order valence-corrected chi connectivity index (χ3v) is 8.46. The molecule has 1 saturated heterocycles. The highest BCUT2D eigenvalue weighted by molar-refractivity contribution is 7.89. The van der Waals surface area contributed by atoms with Crippen molar-refractivity contribution in [3.8, 4) is 11.1 Å². The smallest absolute Gasteiger partial charge is 0.302 e. The minimum atomic E-state index is -3.69. The first-order valence-corrected chi connectivity index (χ1v) is 14.4. The zero-order valence-electron chi connectivity index (χ0n) is 22.1. The van der Waals surface area contributed by atoms with Gasteiger partial charge in [0.05, 0.1) is 14.9 Å². The minimum absolute atomic E-state index is 0.0427. The summed E-state index contributed by atoms with van der Waals surface area (Å²) in [6.07, 6.45) is 2.27. The first kappa shape index (κ1) is 27.4.